The minimum Gasteiger partial charge on any atom is -0.369 e. The summed E-state index contributed by atoms with van der Waals surface area (Å²) in [5.41, 5.74) is 0. The number of nitrogens with one attached hydrogen (secondary N) is 1. The SMILES string of the molecule is Clc1csc(CNc2cnns2)c1. The summed E-state index contributed by atoms with van der Waals surface area (Å²) >= 11 is 8.77. The number of rotatable bonds is 3. The molecule has 1 N–H and O–H groups in total. The molecule has 0 radical (unpaired) electrons. The van der Waals surface area contributed by atoms with Crippen molar-refractivity contribution in [3.63, 3.8) is 0 Å². The molecule has 0 aliphatic heterocycles. The van der Waals surface area contributed by atoms with Crippen molar-refractivity contribution in [2.45, 2.75) is 6.54 Å². The van der Waals surface area contributed by atoms with Crippen LogP contribution in [-0.4, -0.2) is 9.59 Å². The van der Waals surface area contributed by atoms with Crippen molar-refractivity contribution in [2.24, 2.45) is 0 Å². The highest BCUT2D eigenvalue weighted by atomic mass is 35.5. The van der Waals surface area contributed by atoms with Crippen molar-refractivity contribution in [1.29, 1.82) is 0 Å². The van der Waals surface area contributed by atoms with E-state index in [1.165, 1.54) is 16.4 Å². The number of nitrogens with zero attached hydrogens (tertiary/aromatic N) is 2. The van der Waals surface area contributed by atoms with E-state index in [1.807, 2.05) is 11.4 Å². The molecule has 2 rings (SSSR count). The van der Waals surface area contributed by atoms with Gasteiger partial charge in [-0.05, 0) is 6.07 Å². The number of anilines is 1. The minimum atomic E-state index is 0.779. The lowest BCUT2D eigenvalue weighted by Crippen LogP contribution is -1.94. The molecule has 0 spiro atoms. The predicted octanol–water partition coefficient (Wildman–Crippen LogP) is 2.87. The van der Waals surface area contributed by atoms with Gasteiger partial charge in [0.05, 0.1) is 17.8 Å². The van der Waals surface area contributed by atoms with Crippen molar-refractivity contribution in [3.05, 3.63) is 27.5 Å². The fourth-order valence-electron chi connectivity index (χ4n) is 0.866. The van der Waals surface area contributed by atoms with E-state index in [4.69, 9.17) is 11.6 Å². The average molecular weight is 232 g/mol. The molecule has 0 aliphatic rings. The van der Waals surface area contributed by atoms with E-state index < -0.39 is 0 Å². The Morgan fingerprint density at radius 1 is 1.54 bits per heavy atom. The van der Waals surface area contributed by atoms with Gasteiger partial charge >= 0.3 is 0 Å². The standard InChI is InChI=1S/C7H6ClN3S2/c8-5-1-6(12-4-5)2-9-7-3-10-11-13-7/h1,3-4,9H,2H2. The maximum atomic E-state index is 5.78. The van der Waals surface area contributed by atoms with Gasteiger partial charge in [-0.15, -0.1) is 16.4 Å². The first kappa shape index (κ1) is 8.93. The molecule has 6 heteroatoms. The van der Waals surface area contributed by atoms with Crippen LogP contribution in [0.15, 0.2) is 17.6 Å². The molecule has 0 saturated heterocycles. The second-order valence-corrected chi connectivity index (χ2v) is 4.58. The van der Waals surface area contributed by atoms with Gasteiger partial charge in [-0.2, -0.15) is 0 Å². The lowest BCUT2D eigenvalue weighted by Gasteiger charge is -1.97. The van der Waals surface area contributed by atoms with E-state index in [0.29, 0.717) is 0 Å². The smallest absolute Gasteiger partial charge is 0.130 e. The van der Waals surface area contributed by atoms with Crippen LogP contribution in [0.3, 0.4) is 0 Å². The van der Waals surface area contributed by atoms with Gasteiger partial charge in [0, 0.05) is 21.8 Å². The van der Waals surface area contributed by atoms with Gasteiger partial charge in [-0.3, -0.25) is 0 Å². The lowest BCUT2D eigenvalue weighted by atomic mass is 10.4. The fraction of sp³-hybridized carbons (Fsp3) is 0.143. The number of aromatic nitrogens is 2. The lowest BCUT2D eigenvalue weighted by molar-refractivity contribution is 1.15. The maximum Gasteiger partial charge on any atom is 0.130 e. The Labute approximate surface area is 88.5 Å². The van der Waals surface area contributed by atoms with Gasteiger partial charge in [-0.1, -0.05) is 16.1 Å². The zero-order valence-electron chi connectivity index (χ0n) is 6.53. The van der Waals surface area contributed by atoms with Crippen LogP contribution in [0.25, 0.3) is 0 Å². The van der Waals surface area contributed by atoms with Crippen LogP contribution in [-0.2, 0) is 6.54 Å². The van der Waals surface area contributed by atoms with Crippen LogP contribution in [0.2, 0.25) is 5.02 Å². The molecule has 0 aliphatic carbocycles. The number of hydrogen-bond donors (Lipinski definition) is 1. The van der Waals surface area contributed by atoms with Crippen molar-refractivity contribution < 1.29 is 0 Å². The second kappa shape index (κ2) is 4.04. The first-order valence-corrected chi connectivity index (χ1v) is 5.62. The zero-order chi connectivity index (χ0) is 9.10. The maximum absolute atomic E-state index is 5.78. The fourth-order valence-corrected chi connectivity index (χ4v) is 2.29. The number of hydrogen-bond acceptors (Lipinski definition) is 5. The summed E-state index contributed by atoms with van der Waals surface area (Å²) < 4.78 is 3.75. The summed E-state index contributed by atoms with van der Waals surface area (Å²) in [6.07, 6.45) is 1.71. The van der Waals surface area contributed by atoms with Gasteiger partial charge < -0.3 is 5.32 Å². The molecule has 0 atom stereocenters. The van der Waals surface area contributed by atoms with Gasteiger partial charge in [0.25, 0.3) is 0 Å². The number of thiophene rings is 1. The van der Waals surface area contributed by atoms with Gasteiger partial charge in [0.2, 0.25) is 0 Å². The monoisotopic (exact) mass is 231 g/mol. The van der Waals surface area contributed by atoms with E-state index in [9.17, 15) is 0 Å². The summed E-state index contributed by atoms with van der Waals surface area (Å²) in [6.45, 7) is 0.779. The Hall–Kier alpha value is -0.650. The molecule has 2 aromatic heterocycles. The Bertz CT molecular complexity index is 371. The summed E-state index contributed by atoms with van der Waals surface area (Å²) in [4.78, 5) is 1.21. The van der Waals surface area contributed by atoms with E-state index in [2.05, 4.69) is 14.9 Å². The van der Waals surface area contributed by atoms with Crippen LogP contribution >= 0.6 is 34.5 Å². The molecule has 3 nitrogen and oxygen atoms in total. The molecule has 0 aromatic carbocycles. The van der Waals surface area contributed by atoms with Gasteiger partial charge in [0.1, 0.15) is 5.00 Å². The zero-order valence-corrected chi connectivity index (χ0v) is 8.92. The Kier molecular flexibility index (Phi) is 2.77. The quantitative estimate of drug-likeness (QED) is 0.883. The molecule has 0 amide bonds. The normalized spacial score (nSPS) is 10.2. The Balaban J connectivity index is 1.93. The van der Waals surface area contributed by atoms with E-state index in [-0.39, 0.29) is 0 Å². The van der Waals surface area contributed by atoms with Crippen molar-refractivity contribution in [3.8, 4) is 0 Å². The highest BCUT2D eigenvalue weighted by molar-refractivity contribution is 7.10. The molecule has 68 valence electrons. The van der Waals surface area contributed by atoms with Gasteiger partial charge in [-0.25, -0.2) is 0 Å². The molecular weight excluding hydrogens is 226 g/mol. The summed E-state index contributed by atoms with van der Waals surface area (Å²) in [7, 11) is 0. The predicted molar refractivity (Wildman–Crippen MR) is 56.6 cm³/mol. The van der Waals surface area contributed by atoms with E-state index >= 15 is 0 Å². The largest absolute Gasteiger partial charge is 0.369 e. The highest BCUT2D eigenvalue weighted by Gasteiger charge is 1.98. The van der Waals surface area contributed by atoms with Crippen LogP contribution < -0.4 is 5.32 Å². The van der Waals surface area contributed by atoms with Crippen LogP contribution in [0.1, 0.15) is 4.88 Å². The first-order valence-electron chi connectivity index (χ1n) is 3.59. The van der Waals surface area contributed by atoms with E-state index in [0.717, 1.165) is 16.6 Å². The Morgan fingerprint density at radius 2 is 2.46 bits per heavy atom. The molecule has 0 unspecified atom stereocenters. The second-order valence-electron chi connectivity index (χ2n) is 2.37. The third-order valence-electron chi connectivity index (χ3n) is 1.42. The van der Waals surface area contributed by atoms with E-state index in [1.54, 1.807) is 17.5 Å². The van der Waals surface area contributed by atoms with Crippen LogP contribution in [0.5, 0.6) is 0 Å². The third-order valence-corrected chi connectivity index (χ3v) is 3.33. The van der Waals surface area contributed by atoms with Crippen molar-refractivity contribution in [2.75, 3.05) is 5.32 Å². The topological polar surface area (TPSA) is 37.8 Å². The molecule has 0 saturated carbocycles. The molecule has 13 heavy (non-hydrogen) atoms. The Morgan fingerprint density at radius 3 is 3.08 bits per heavy atom. The number of halogens is 1. The van der Waals surface area contributed by atoms with Gasteiger partial charge in [0.15, 0.2) is 0 Å². The average Bonchev–Trinajstić information content (AvgIpc) is 2.71. The van der Waals surface area contributed by atoms with Crippen molar-refractivity contribution in [1.82, 2.24) is 9.59 Å². The summed E-state index contributed by atoms with van der Waals surface area (Å²) in [5.74, 6) is 0. The van der Waals surface area contributed by atoms with Crippen LogP contribution in [0, 0.1) is 0 Å². The molecule has 2 aromatic rings. The summed E-state index contributed by atoms with van der Waals surface area (Å²) in [6, 6.07) is 1.95. The summed E-state index contributed by atoms with van der Waals surface area (Å²) in [5, 5.41) is 10.6. The first-order chi connectivity index (χ1) is 6.34. The molecular formula is C7H6ClN3S2. The van der Waals surface area contributed by atoms with Crippen molar-refractivity contribution >= 4 is 39.5 Å². The molecule has 0 bridgehead atoms. The highest BCUT2D eigenvalue weighted by Crippen LogP contribution is 2.20. The third kappa shape index (κ3) is 2.40. The molecule has 0 fully saturated rings. The molecule has 2 heterocycles. The minimum absolute atomic E-state index is 0.779. The van der Waals surface area contributed by atoms with Crippen LogP contribution in [0.4, 0.5) is 5.00 Å².